The fraction of sp³-hybridized carbons (Fsp3) is 0.167. The number of rotatable bonds is 5. The van der Waals surface area contributed by atoms with Crippen LogP contribution in [0.3, 0.4) is 0 Å². The van der Waals surface area contributed by atoms with E-state index in [-0.39, 0.29) is 0 Å². The van der Waals surface area contributed by atoms with Crippen LogP contribution in [0.1, 0.15) is 0 Å². The van der Waals surface area contributed by atoms with Crippen LogP contribution in [-0.4, -0.2) is 21.5 Å². The molecule has 0 aliphatic carbocycles. The molecule has 2 rings (SSSR count). The van der Waals surface area contributed by atoms with Gasteiger partial charge in [0.15, 0.2) is 0 Å². The molecule has 0 saturated heterocycles. The Bertz CT molecular complexity index is 364. The predicted molar refractivity (Wildman–Crippen MR) is 69.9 cm³/mol. The van der Waals surface area contributed by atoms with Crippen molar-refractivity contribution in [3.05, 3.63) is 48.8 Å². The zero-order valence-electron chi connectivity index (χ0n) is 8.74. The van der Waals surface area contributed by atoms with Gasteiger partial charge in [-0.05, 0) is 24.3 Å². The molecule has 2 aromatic heterocycles. The van der Waals surface area contributed by atoms with Crippen molar-refractivity contribution in [1.29, 1.82) is 0 Å². The highest BCUT2D eigenvalue weighted by atomic mass is 32.2. The van der Waals surface area contributed by atoms with Crippen LogP contribution in [0.5, 0.6) is 0 Å². The average Bonchev–Trinajstić information content (AvgIpc) is 2.37. The van der Waals surface area contributed by atoms with Crippen molar-refractivity contribution in [2.24, 2.45) is 0 Å². The number of hydrogen-bond donors (Lipinski definition) is 0. The van der Waals surface area contributed by atoms with Crippen LogP contribution < -0.4 is 0 Å². The number of thioether (sulfide) groups is 2. The molecule has 0 saturated carbocycles. The Morgan fingerprint density at radius 1 is 0.750 bits per heavy atom. The Morgan fingerprint density at radius 3 is 1.62 bits per heavy atom. The number of hydrogen-bond acceptors (Lipinski definition) is 4. The lowest BCUT2D eigenvalue weighted by Crippen LogP contribution is -1.87. The second kappa shape index (κ2) is 6.55. The van der Waals surface area contributed by atoms with Crippen molar-refractivity contribution in [2.45, 2.75) is 10.1 Å². The molecule has 0 amide bonds. The molecule has 0 aliphatic rings. The first-order valence-electron chi connectivity index (χ1n) is 5.03. The highest BCUT2D eigenvalue weighted by Gasteiger charge is 1.96. The summed E-state index contributed by atoms with van der Waals surface area (Å²) in [6.07, 6.45) is 3.66. The van der Waals surface area contributed by atoms with Gasteiger partial charge in [0.05, 0.1) is 10.1 Å². The van der Waals surface area contributed by atoms with Gasteiger partial charge < -0.3 is 0 Å². The molecule has 2 nitrogen and oxygen atoms in total. The minimum absolute atomic E-state index is 1.05. The second-order valence-corrected chi connectivity index (χ2v) is 5.26. The molecule has 0 N–H and O–H groups in total. The third kappa shape index (κ3) is 3.87. The van der Waals surface area contributed by atoms with Crippen molar-refractivity contribution in [2.75, 3.05) is 11.5 Å². The maximum absolute atomic E-state index is 4.26. The third-order valence-corrected chi connectivity index (χ3v) is 4.01. The van der Waals surface area contributed by atoms with Gasteiger partial charge in [-0.15, -0.1) is 23.5 Å². The first kappa shape index (κ1) is 11.5. The zero-order chi connectivity index (χ0) is 11.1. The van der Waals surface area contributed by atoms with Gasteiger partial charge >= 0.3 is 0 Å². The highest BCUT2D eigenvalue weighted by Crippen LogP contribution is 2.19. The standard InChI is InChI=1S/C12H12N2S2/c1-3-7-13-11(5-1)15-9-10-16-12-6-2-4-8-14-12/h1-8H,9-10H2. The first-order valence-corrected chi connectivity index (χ1v) is 7.00. The summed E-state index contributed by atoms with van der Waals surface area (Å²) in [4.78, 5) is 8.52. The van der Waals surface area contributed by atoms with E-state index in [1.807, 2.05) is 48.8 Å². The number of pyridine rings is 2. The van der Waals surface area contributed by atoms with Gasteiger partial charge in [-0.2, -0.15) is 0 Å². The fourth-order valence-electron chi connectivity index (χ4n) is 1.16. The lowest BCUT2D eigenvalue weighted by molar-refractivity contribution is 1.13. The average molecular weight is 248 g/mol. The Kier molecular flexibility index (Phi) is 4.70. The maximum Gasteiger partial charge on any atom is 0.0960 e. The molecule has 82 valence electrons. The van der Waals surface area contributed by atoms with E-state index in [4.69, 9.17) is 0 Å². The van der Waals surface area contributed by atoms with Gasteiger partial charge in [0, 0.05) is 23.9 Å². The molecular weight excluding hydrogens is 236 g/mol. The van der Waals surface area contributed by atoms with Crippen LogP contribution in [0.25, 0.3) is 0 Å². The van der Waals surface area contributed by atoms with Crippen molar-refractivity contribution in [3.63, 3.8) is 0 Å². The first-order chi connectivity index (χ1) is 7.95. The molecule has 0 bridgehead atoms. The van der Waals surface area contributed by atoms with E-state index in [0.29, 0.717) is 0 Å². The summed E-state index contributed by atoms with van der Waals surface area (Å²) in [5, 5.41) is 2.17. The normalized spacial score (nSPS) is 10.2. The minimum atomic E-state index is 1.05. The lowest BCUT2D eigenvalue weighted by atomic mass is 10.5. The molecule has 0 aliphatic heterocycles. The molecule has 0 fully saturated rings. The van der Waals surface area contributed by atoms with Crippen molar-refractivity contribution in [1.82, 2.24) is 9.97 Å². The summed E-state index contributed by atoms with van der Waals surface area (Å²) in [7, 11) is 0. The predicted octanol–water partition coefficient (Wildman–Crippen LogP) is 3.36. The third-order valence-electron chi connectivity index (χ3n) is 1.86. The van der Waals surface area contributed by atoms with Crippen LogP contribution in [0, 0.1) is 0 Å². The molecule has 0 spiro atoms. The van der Waals surface area contributed by atoms with Gasteiger partial charge in [-0.25, -0.2) is 9.97 Å². The van der Waals surface area contributed by atoms with Gasteiger partial charge in [-0.1, -0.05) is 12.1 Å². The molecule has 16 heavy (non-hydrogen) atoms. The van der Waals surface area contributed by atoms with Crippen LogP contribution in [0.15, 0.2) is 58.8 Å². The summed E-state index contributed by atoms with van der Waals surface area (Å²) in [5.74, 6) is 2.11. The van der Waals surface area contributed by atoms with Crippen molar-refractivity contribution < 1.29 is 0 Å². The molecule has 0 radical (unpaired) electrons. The van der Waals surface area contributed by atoms with Gasteiger partial charge in [0.25, 0.3) is 0 Å². The fourth-order valence-corrected chi connectivity index (χ4v) is 2.86. The van der Waals surface area contributed by atoms with Crippen LogP contribution >= 0.6 is 23.5 Å². The Labute approximate surface area is 104 Å². The second-order valence-electron chi connectivity index (χ2n) is 3.03. The number of aromatic nitrogens is 2. The minimum Gasteiger partial charge on any atom is -0.250 e. The Hall–Kier alpha value is -1.00. The monoisotopic (exact) mass is 248 g/mol. The van der Waals surface area contributed by atoms with Crippen molar-refractivity contribution >= 4 is 23.5 Å². The Balaban J connectivity index is 1.70. The molecule has 2 aromatic rings. The topological polar surface area (TPSA) is 25.8 Å². The smallest absolute Gasteiger partial charge is 0.0960 e. The lowest BCUT2D eigenvalue weighted by Gasteiger charge is -2.00. The molecule has 0 unspecified atom stereocenters. The summed E-state index contributed by atoms with van der Waals surface area (Å²) >= 11 is 3.56. The maximum atomic E-state index is 4.26. The van der Waals surface area contributed by atoms with E-state index < -0.39 is 0 Å². The zero-order valence-corrected chi connectivity index (χ0v) is 10.4. The van der Waals surface area contributed by atoms with Gasteiger partial charge in [0.2, 0.25) is 0 Å². The summed E-state index contributed by atoms with van der Waals surface area (Å²) in [6.45, 7) is 0. The van der Waals surface area contributed by atoms with E-state index in [1.165, 1.54) is 0 Å². The van der Waals surface area contributed by atoms with Crippen LogP contribution in [-0.2, 0) is 0 Å². The largest absolute Gasteiger partial charge is 0.250 e. The van der Waals surface area contributed by atoms with Gasteiger partial charge in [0.1, 0.15) is 0 Å². The van der Waals surface area contributed by atoms with Crippen LogP contribution in [0.2, 0.25) is 0 Å². The van der Waals surface area contributed by atoms with Crippen molar-refractivity contribution in [3.8, 4) is 0 Å². The van der Waals surface area contributed by atoms with Crippen LogP contribution in [0.4, 0.5) is 0 Å². The quantitative estimate of drug-likeness (QED) is 0.598. The van der Waals surface area contributed by atoms with E-state index >= 15 is 0 Å². The molecule has 0 atom stereocenters. The summed E-state index contributed by atoms with van der Waals surface area (Å²) in [5.41, 5.74) is 0. The van der Waals surface area contributed by atoms with E-state index in [1.54, 1.807) is 23.5 Å². The molecular formula is C12H12N2S2. The molecule has 0 aromatic carbocycles. The van der Waals surface area contributed by atoms with E-state index in [2.05, 4.69) is 9.97 Å². The van der Waals surface area contributed by atoms with E-state index in [0.717, 1.165) is 21.6 Å². The summed E-state index contributed by atoms with van der Waals surface area (Å²) < 4.78 is 0. The Morgan fingerprint density at radius 2 is 1.25 bits per heavy atom. The molecule has 4 heteroatoms. The number of nitrogens with zero attached hydrogens (tertiary/aromatic N) is 2. The molecule has 2 heterocycles. The highest BCUT2D eigenvalue weighted by molar-refractivity contribution is 8.02. The SMILES string of the molecule is c1ccc(SCCSc2ccccn2)nc1. The summed E-state index contributed by atoms with van der Waals surface area (Å²) in [6, 6.07) is 12.0. The van der Waals surface area contributed by atoms with E-state index in [9.17, 15) is 0 Å². The van der Waals surface area contributed by atoms with Gasteiger partial charge in [-0.3, -0.25) is 0 Å².